The molecule has 1 aromatic carbocycles. The van der Waals surface area contributed by atoms with Crippen molar-refractivity contribution in [1.29, 1.82) is 0 Å². The van der Waals surface area contributed by atoms with Crippen molar-refractivity contribution in [3.8, 4) is 11.1 Å². The molecule has 0 bridgehead atoms. The molecule has 3 heterocycles. The molecule has 2 aromatic rings. The molecule has 4 rings (SSSR count). The fraction of sp³-hybridized carbons (Fsp3) is 0.500. The van der Waals surface area contributed by atoms with Gasteiger partial charge in [0.1, 0.15) is 17.2 Å². The number of hydrogen-bond acceptors (Lipinski definition) is 7. The van der Waals surface area contributed by atoms with Crippen LogP contribution >= 0.6 is 0 Å². The van der Waals surface area contributed by atoms with Gasteiger partial charge in [0, 0.05) is 31.3 Å². The summed E-state index contributed by atoms with van der Waals surface area (Å²) < 4.78 is 38.6. The third kappa shape index (κ3) is 4.53. The molecule has 2 fully saturated rings. The largest absolute Gasteiger partial charge is 0.464 e. The first-order valence-electron chi connectivity index (χ1n) is 11.2. The number of carbonyl (C=O) groups excluding carboxylic acids is 2. The summed E-state index contributed by atoms with van der Waals surface area (Å²) in [6, 6.07) is 3.14. The highest BCUT2D eigenvalue weighted by molar-refractivity contribution is 5.98. The Labute approximate surface area is 196 Å². The topological polar surface area (TPSA) is 84.9 Å². The number of nitrogens with zero attached hydrogens (tertiary/aromatic N) is 4. The van der Waals surface area contributed by atoms with E-state index in [0.717, 1.165) is 18.9 Å². The molecule has 2 aliphatic rings. The number of aromatic nitrogens is 2. The van der Waals surface area contributed by atoms with Gasteiger partial charge < -0.3 is 19.3 Å². The van der Waals surface area contributed by atoms with E-state index in [4.69, 9.17) is 9.47 Å². The smallest absolute Gasteiger partial charge is 0.410 e. The number of methoxy groups -OCH3 is 1. The fourth-order valence-corrected chi connectivity index (χ4v) is 4.87. The second-order valence-electron chi connectivity index (χ2n) is 9.74. The monoisotopic (exact) mass is 474 g/mol. The summed E-state index contributed by atoms with van der Waals surface area (Å²) in [5.41, 5.74) is -0.204. The van der Waals surface area contributed by atoms with Gasteiger partial charge in [0.15, 0.2) is 5.69 Å². The lowest BCUT2D eigenvalue weighted by Gasteiger charge is -2.36. The third-order valence-corrected chi connectivity index (χ3v) is 6.24. The lowest BCUT2D eigenvalue weighted by atomic mass is 9.95. The summed E-state index contributed by atoms with van der Waals surface area (Å²) in [5, 5.41) is 7.87. The van der Waals surface area contributed by atoms with Crippen LogP contribution in [-0.4, -0.2) is 65.0 Å². The first-order chi connectivity index (χ1) is 16.0. The second-order valence-corrected chi connectivity index (χ2v) is 9.74. The summed E-state index contributed by atoms with van der Waals surface area (Å²) in [6.07, 6.45) is 3.25. The van der Waals surface area contributed by atoms with E-state index in [9.17, 15) is 18.4 Å². The minimum atomic E-state index is -0.748. The standard InChI is InChI=1S/C24H28F2N4O4/c1-23(2,3)34-22(32)30-8-5-6-24(30)7-9-29(14-24)20-18(13-27-28-19(20)21(31)33-4)15-10-16(25)12-17(26)11-15/h10-13H,5-9,14H2,1-4H3. The molecule has 1 amide bonds. The maximum atomic E-state index is 14.0. The van der Waals surface area contributed by atoms with Crippen LogP contribution in [0.2, 0.25) is 0 Å². The maximum Gasteiger partial charge on any atom is 0.410 e. The van der Waals surface area contributed by atoms with Crippen LogP contribution in [0.3, 0.4) is 0 Å². The molecule has 182 valence electrons. The molecular weight excluding hydrogens is 446 g/mol. The molecule has 1 aromatic heterocycles. The molecule has 2 aliphatic heterocycles. The maximum absolute atomic E-state index is 14.0. The van der Waals surface area contributed by atoms with E-state index in [1.807, 2.05) is 25.7 Å². The molecule has 2 saturated heterocycles. The Morgan fingerprint density at radius 2 is 1.79 bits per heavy atom. The van der Waals surface area contributed by atoms with Gasteiger partial charge in [-0.1, -0.05) is 0 Å². The zero-order valence-corrected chi connectivity index (χ0v) is 19.7. The molecule has 0 saturated carbocycles. The van der Waals surface area contributed by atoms with Gasteiger partial charge in [-0.15, -0.1) is 5.10 Å². The number of amides is 1. The van der Waals surface area contributed by atoms with E-state index in [0.29, 0.717) is 37.3 Å². The Kier molecular flexibility index (Phi) is 6.18. The minimum Gasteiger partial charge on any atom is -0.464 e. The number of ether oxygens (including phenoxy) is 2. The summed E-state index contributed by atoms with van der Waals surface area (Å²) in [7, 11) is 1.23. The van der Waals surface area contributed by atoms with Gasteiger partial charge in [0.2, 0.25) is 0 Å². The predicted octanol–water partition coefficient (Wildman–Crippen LogP) is 4.19. The van der Waals surface area contributed by atoms with Crippen LogP contribution < -0.4 is 4.90 Å². The molecule has 0 aliphatic carbocycles. The molecule has 1 unspecified atom stereocenters. The Morgan fingerprint density at radius 1 is 1.09 bits per heavy atom. The quantitative estimate of drug-likeness (QED) is 0.617. The van der Waals surface area contributed by atoms with Crippen LogP contribution in [0.1, 0.15) is 50.5 Å². The van der Waals surface area contributed by atoms with Crippen LogP contribution in [0, 0.1) is 11.6 Å². The van der Waals surface area contributed by atoms with Crippen molar-refractivity contribution < 1.29 is 27.8 Å². The Bertz CT molecular complexity index is 1100. The molecule has 0 radical (unpaired) electrons. The number of rotatable bonds is 3. The highest BCUT2D eigenvalue weighted by Gasteiger charge is 2.50. The number of halogens is 2. The average Bonchev–Trinajstić information content (AvgIpc) is 3.37. The van der Waals surface area contributed by atoms with Crippen molar-refractivity contribution in [3.63, 3.8) is 0 Å². The lowest BCUT2D eigenvalue weighted by molar-refractivity contribution is 0.0111. The Morgan fingerprint density at radius 3 is 2.44 bits per heavy atom. The van der Waals surface area contributed by atoms with Crippen LogP contribution in [-0.2, 0) is 9.47 Å². The zero-order chi connectivity index (χ0) is 24.7. The zero-order valence-electron chi connectivity index (χ0n) is 19.7. The van der Waals surface area contributed by atoms with Crippen molar-refractivity contribution in [1.82, 2.24) is 15.1 Å². The van der Waals surface area contributed by atoms with Crippen molar-refractivity contribution in [2.75, 3.05) is 31.6 Å². The Hall–Kier alpha value is -3.30. The van der Waals surface area contributed by atoms with Crippen molar-refractivity contribution >= 4 is 17.7 Å². The van der Waals surface area contributed by atoms with Crippen molar-refractivity contribution in [3.05, 3.63) is 41.7 Å². The molecule has 34 heavy (non-hydrogen) atoms. The average molecular weight is 475 g/mol. The first-order valence-corrected chi connectivity index (χ1v) is 11.2. The number of hydrogen-bond donors (Lipinski definition) is 0. The second kappa shape index (κ2) is 8.81. The van der Waals surface area contributed by atoms with Gasteiger partial charge in [0.25, 0.3) is 0 Å². The number of likely N-dealkylation sites (tertiary alicyclic amines) is 1. The first kappa shape index (κ1) is 23.8. The van der Waals surface area contributed by atoms with Crippen LogP contribution in [0.25, 0.3) is 11.1 Å². The van der Waals surface area contributed by atoms with Gasteiger partial charge in [-0.05, 0) is 57.7 Å². The summed E-state index contributed by atoms with van der Waals surface area (Å²) in [5.74, 6) is -2.21. The predicted molar refractivity (Wildman–Crippen MR) is 120 cm³/mol. The van der Waals surface area contributed by atoms with Gasteiger partial charge in [-0.2, -0.15) is 5.10 Å². The van der Waals surface area contributed by atoms with Crippen molar-refractivity contribution in [2.24, 2.45) is 0 Å². The summed E-state index contributed by atoms with van der Waals surface area (Å²) in [4.78, 5) is 29.2. The Balaban J connectivity index is 1.74. The van der Waals surface area contributed by atoms with E-state index < -0.39 is 28.7 Å². The summed E-state index contributed by atoms with van der Waals surface area (Å²) >= 11 is 0. The van der Waals surface area contributed by atoms with Gasteiger partial charge in [-0.3, -0.25) is 0 Å². The number of anilines is 1. The molecule has 0 N–H and O–H groups in total. The van der Waals surface area contributed by atoms with Gasteiger partial charge >= 0.3 is 12.1 Å². The molecule has 10 heteroatoms. The molecular formula is C24H28F2N4O4. The highest BCUT2D eigenvalue weighted by atomic mass is 19.1. The normalized spacial score (nSPS) is 20.2. The van der Waals surface area contributed by atoms with E-state index in [-0.39, 0.29) is 17.4 Å². The summed E-state index contributed by atoms with van der Waals surface area (Å²) in [6.45, 7) is 6.95. The fourth-order valence-electron chi connectivity index (χ4n) is 4.87. The highest BCUT2D eigenvalue weighted by Crippen LogP contribution is 2.43. The number of benzene rings is 1. The van der Waals surface area contributed by atoms with E-state index >= 15 is 0 Å². The van der Waals surface area contributed by atoms with E-state index in [1.54, 1.807) is 4.90 Å². The molecule has 1 spiro atoms. The van der Waals surface area contributed by atoms with Gasteiger partial charge in [-0.25, -0.2) is 18.4 Å². The van der Waals surface area contributed by atoms with E-state index in [2.05, 4.69) is 10.2 Å². The number of esters is 1. The SMILES string of the molecule is COC(=O)c1nncc(-c2cc(F)cc(F)c2)c1N1CCC2(CCCN2C(=O)OC(C)(C)C)C1. The number of carbonyl (C=O) groups is 2. The lowest BCUT2D eigenvalue weighted by Crippen LogP contribution is -2.50. The van der Waals surface area contributed by atoms with Crippen LogP contribution in [0.15, 0.2) is 24.4 Å². The minimum absolute atomic E-state index is 0.0523. The molecule has 8 nitrogen and oxygen atoms in total. The van der Waals surface area contributed by atoms with Crippen molar-refractivity contribution in [2.45, 2.75) is 51.2 Å². The van der Waals surface area contributed by atoms with Crippen LogP contribution in [0.4, 0.5) is 19.3 Å². The molecule has 1 atom stereocenters. The van der Waals surface area contributed by atoms with E-state index in [1.165, 1.54) is 25.4 Å². The third-order valence-electron chi connectivity index (χ3n) is 6.24. The van der Waals surface area contributed by atoms with Gasteiger partial charge in [0.05, 0.1) is 24.5 Å². The van der Waals surface area contributed by atoms with Crippen LogP contribution in [0.5, 0.6) is 0 Å².